The molecule has 0 fully saturated rings. The lowest BCUT2D eigenvalue weighted by Gasteiger charge is -2.20. The minimum Gasteiger partial charge on any atom is -0.495 e. The second kappa shape index (κ2) is 8.42. The van der Waals surface area contributed by atoms with Gasteiger partial charge in [-0.25, -0.2) is 4.79 Å². The largest absolute Gasteiger partial charge is 0.495 e. The molecule has 0 aliphatic carbocycles. The Morgan fingerprint density at radius 2 is 1.66 bits per heavy atom. The van der Waals surface area contributed by atoms with Crippen LogP contribution in [-0.4, -0.2) is 24.7 Å². The first-order valence-electron chi connectivity index (χ1n) is 8.56. The molecule has 2 rings (SSSR count). The van der Waals surface area contributed by atoms with Crippen molar-refractivity contribution in [2.75, 3.05) is 17.7 Å². The van der Waals surface area contributed by atoms with Crippen LogP contribution in [0.5, 0.6) is 5.75 Å². The summed E-state index contributed by atoms with van der Waals surface area (Å²) in [7, 11) is 1.40. The molecule has 0 spiro atoms. The number of amides is 2. The van der Waals surface area contributed by atoms with Crippen molar-refractivity contribution in [3.05, 3.63) is 53.6 Å². The third kappa shape index (κ3) is 6.41. The van der Waals surface area contributed by atoms with Gasteiger partial charge in [-0.15, -0.1) is 0 Å². The SMILES string of the molecule is COc1ccc(NC(=O)c2cccc(C(F)(F)F)c2)cc1NC(=O)OC(C)(C)C. The summed E-state index contributed by atoms with van der Waals surface area (Å²) in [6, 6.07) is 8.47. The molecule has 6 nitrogen and oxygen atoms in total. The molecule has 0 aliphatic rings. The molecule has 2 aromatic carbocycles. The molecule has 0 saturated carbocycles. The van der Waals surface area contributed by atoms with Crippen molar-refractivity contribution in [1.82, 2.24) is 0 Å². The lowest BCUT2D eigenvalue weighted by atomic mass is 10.1. The molecule has 0 unspecified atom stereocenters. The van der Waals surface area contributed by atoms with Gasteiger partial charge < -0.3 is 14.8 Å². The van der Waals surface area contributed by atoms with Crippen LogP contribution in [0.1, 0.15) is 36.7 Å². The van der Waals surface area contributed by atoms with Crippen LogP contribution >= 0.6 is 0 Å². The summed E-state index contributed by atoms with van der Waals surface area (Å²) >= 11 is 0. The molecule has 0 bridgehead atoms. The van der Waals surface area contributed by atoms with E-state index in [1.54, 1.807) is 20.8 Å². The molecule has 0 atom stereocenters. The standard InChI is InChI=1S/C20H21F3N2O4/c1-19(2,3)29-18(27)25-15-11-14(8-9-16(15)28-4)24-17(26)12-6-5-7-13(10-12)20(21,22)23/h5-11H,1-4H3,(H,24,26)(H,25,27). The molecular formula is C20H21F3N2O4. The zero-order chi connectivity index (χ0) is 21.8. The molecule has 0 aliphatic heterocycles. The Bertz CT molecular complexity index is 905. The van der Waals surface area contributed by atoms with Crippen LogP contribution in [0.15, 0.2) is 42.5 Å². The second-order valence-electron chi connectivity index (χ2n) is 7.07. The van der Waals surface area contributed by atoms with Gasteiger partial charge in [-0.3, -0.25) is 10.1 Å². The van der Waals surface area contributed by atoms with E-state index in [-0.39, 0.29) is 16.9 Å². The van der Waals surface area contributed by atoms with Gasteiger partial charge in [0.15, 0.2) is 0 Å². The van der Waals surface area contributed by atoms with Gasteiger partial charge >= 0.3 is 12.3 Å². The number of carbonyl (C=O) groups is 2. The summed E-state index contributed by atoms with van der Waals surface area (Å²) in [4.78, 5) is 24.3. The Labute approximate surface area is 166 Å². The molecule has 2 amide bonds. The van der Waals surface area contributed by atoms with E-state index in [4.69, 9.17) is 9.47 Å². The monoisotopic (exact) mass is 410 g/mol. The molecule has 0 radical (unpaired) electrons. The zero-order valence-electron chi connectivity index (χ0n) is 16.3. The van der Waals surface area contributed by atoms with Crippen molar-refractivity contribution < 1.29 is 32.2 Å². The predicted molar refractivity (Wildman–Crippen MR) is 102 cm³/mol. The number of benzene rings is 2. The van der Waals surface area contributed by atoms with Crippen LogP contribution in [0.2, 0.25) is 0 Å². The molecular weight excluding hydrogens is 389 g/mol. The first-order chi connectivity index (χ1) is 13.4. The van der Waals surface area contributed by atoms with E-state index in [9.17, 15) is 22.8 Å². The van der Waals surface area contributed by atoms with E-state index in [0.29, 0.717) is 5.75 Å². The number of hydrogen-bond donors (Lipinski definition) is 2. The number of alkyl halides is 3. The van der Waals surface area contributed by atoms with E-state index >= 15 is 0 Å². The average Bonchev–Trinajstić information content (AvgIpc) is 2.59. The summed E-state index contributed by atoms with van der Waals surface area (Å²) in [5.74, 6) is -0.419. The van der Waals surface area contributed by atoms with Crippen molar-refractivity contribution >= 4 is 23.4 Å². The predicted octanol–water partition coefficient (Wildman–Crippen LogP) is 5.31. The van der Waals surface area contributed by atoms with Crippen molar-refractivity contribution in [1.29, 1.82) is 0 Å². The maximum atomic E-state index is 12.8. The van der Waals surface area contributed by atoms with Crippen LogP contribution in [0.25, 0.3) is 0 Å². The minimum absolute atomic E-state index is 0.155. The quantitative estimate of drug-likeness (QED) is 0.716. The molecule has 2 N–H and O–H groups in total. The van der Waals surface area contributed by atoms with Gasteiger partial charge in [0.2, 0.25) is 0 Å². The van der Waals surface area contributed by atoms with Gasteiger partial charge in [0.05, 0.1) is 18.4 Å². The Kier molecular flexibility index (Phi) is 6.41. The van der Waals surface area contributed by atoms with E-state index in [1.807, 2.05) is 0 Å². The van der Waals surface area contributed by atoms with Crippen molar-refractivity contribution in [2.45, 2.75) is 32.5 Å². The van der Waals surface area contributed by atoms with Gasteiger partial charge in [-0.05, 0) is 57.2 Å². The lowest BCUT2D eigenvalue weighted by Crippen LogP contribution is -2.27. The normalized spacial score (nSPS) is 11.6. The van der Waals surface area contributed by atoms with Crippen LogP contribution in [-0.2, 0) is 10.9 Å². The number of anilines is 2. The van der Waals surface area contributed by atoms with Crippen molar-refractivity contribution in [3.63, 3.8) is 0 Å². The highest BCUT2D eigenvalue weighted by Crippen LogP contribution is 2.31. The fraction of sp³-hybridized carbons (Fsp3) is 0.300. The Morgan fingerprint density at radius 3 is 2.24 bits per heavy atom. The molecule has 156 valence electrons. The van der Waals surface area contributed by atoms with Gasteiger partial charge in [0.1, 0.15) is 11.4 Å². The number of halogens is 3. The molecule has 9 heteroatoms. The van der Waals surface area contributed by atoms with Crippen LogP contribution < -0.4 is 15.4 Å². The summed E-state index contributed by atoms with van der Waals surface area (Å²) in [6.07, 6.45) is -5.28. The Balaban J connectivity index is 2.21. The maximum Gasteiger partial charge on any atom is 0.416 e. The van der Waals surface area contributed by atoms with Crippen LogP contribution in [0.4, 0.5) is 29.3 Å². The molecule has 0 saturated heterocycles. The van der Waals surface area contributed by atoms with Gasteiger partial charge in [-0.2, -0.15) is 13.2 Å². The van der Waals surface area contributed by atoms with Gasteiger partial charge in [-0.1, -0.05) is 6.07 Å². The molecule has 29 heavy (non-hydrogen) atoms. The number of nitrogens with one attached hydrogen (secondary N) is 2. The first kappa shape index (κ1) is 22.1. The van der Waals surface area contributed by atoms with E-state index in [1.165, 1.54) is 31.4 Å². The lowest BCUT2D eigenvalue weighted by molar-refractivity contribution is -0.137. The zero-order valence-corrected chi connectivity index (χ0v) is 16.3. The fourth-order valence-corrected chi connectivity index (χ4v) is 2.34. The minimum atomic E-state index is -4.55. The number of rotatable bonds is 4. The summed E-state index contributed by atoms with van der Waals surface area (Å²) in [5, 5.41) is 5.01. The van der Waals surface area contributed by atoms with Crippen molar-refractivity contribution in [3.8, 4) is 5.75 Å². The third-order valence-electron chi connectivity index (χ3n) is 3.55. The van der Waals surface area contributed by atoms with Gasteiger partial charge in [0, 0.05) is 11.3 Å². The maximum absolute atomic E-state index is 12.8. The smallest absolute Gasteiger partial charge is 0.416 e. The number of methoxy groups -OCH3 is 1. The topological polar surface area (TPSA) is 76.7 Å². The summed E-state index contributed by atoms with van der Waals surface area (Å²) < 4.78 is 48.9. The molecule has 0 aromatic heterocycles. The van der Waals surface area contributed by atoms with Crippen molar-refractivity contribution in [2.24, 2.45) is 0 Å². The summed E-state index contributed by atoms with van der Waals surface area (Å²) in [5.41, 5.74) is -1.32. The average molecular weight is 410 g/mol. The Morgan fingerprint density at radius 1 is 0.966 bits per heavy atom. The third-order valence-corrected chi connectivity index (χ3v) is 3.55. The number of carbonyl (C=O) groups excluding carboxylic acids is 2. The summed E-state index contributed by atoms with van der Waals surface area (Å²) in [6.45, 7) is 5.11. The highest BCUT2D eigenvalue weighted by molar-refractivity contribution is 6.05. The van der Waals surface area contributed by atoms with E-state index in [2.05, 4.69) is 10.6 Å². The second-order valence-corrected chi connectivity index (χ2v) is 7.07. The first-order valence-corrected chi connectivity index (χ1v) is 8.56. The molecule has 0 heterocycles. The van der Waals surface area contributed by atoms with E-state index < -0.39 is 29.3 Å². The Hall–Kier alpha value is -3.23. The van der Waals surface area contributed by atoms with Crippen LogP contribution in [0.3, 0.4) is 0 Å². The van der Waals surface area contributed by atoms with Gasteiger partial charge in [0.25, 0.3) is 5.91 Å². The molecule has 2 aromatic rings. The van der Waals surface area contributed by atoms with Crippen LogP contribution in [0, 0.1) is 0 Å². The number of hydrogen-bond acceptors (Lipinski definition) is 4. The fourth-order valence-electron chi connectivity index (χ4n) is 2.34. The highest BCUT2D eigenvalue weighted by Gasteiger charge is 2.31. The number of ether oxygens (including phenoxy) is 2. The highest BCUT2D eigenvalue weighted by atomic mass is 19.4. The van der Waals surface area contributed by atoms with E-state index in [0.717, 1.165) is 18.2 Å².